The van der Waals surface area contributed by atoms with Gasteiger partial charge in [0, 0.05) is 38.3 Å². The lowest BCUT2D eigenvalue weighted by Crippen LogP contribution is -2.46. The standard InChI is InChI=1S/C18H32F3N3O2.HI/c1-2-22-17(23-8-4-9-25-12-14-7-10-26-13-14)24-16-6-3-5-15(11-16)18(19,20)21;/h14-16H,2-13H2,1H3,(H2,22,23,24);1H. The second-order valence-electron chi connectivity index (χ2n) is 7.17. The molecule has 0 aromatic heterocycles. The number of nitrogens with zero attached hydrogens (tertiary/aromatic N) is 1. The Morgan fingerprint density at radius 2 is 2.07 bits per heavy atom. The van der Waals surface area contributed by atoms with Gasteiger partial charge in [-0.2, -0.15) is 13.2 Å². The summed E-state index contributed by atoms with van der Waals surface area (Å²) in [4.78, 5) is 4.47. The van der Waals surface area contributed by atoms with Gasteiger partial charge < -0.3 is 20.1 Å². The topological polar surface area (TPSA) is 54.9 Å². The summed E-state index contributed by atoms with van der Waals surface area (Å²) in [7, 11) is 0. The molecule has 160 valence electrons. The highest BCUT2D eigenvalue weighted by molar-refractivity contribution is 14.0. The predicted molar refractivity (Wildman–Crippen MR) is 111 cm³/mol. The van der Waals surface area contributed by atoms with Crippen molar-refractivity contribution < 1.29 is 22.6 Å². The Labute approximate surface area is 177 Å². The van der Waals surface area contributed by atoms with E-state index >= 15 is 0 Å². The highest BCUT2D eigenvalue weighted by Crippen LogP contribution is 2.37. The fraction of sp³-hybridized carbons (Fsp3) is 0.944. The largest absolute Gasteiger partial charge is 0.391 e. The van der Waals surface area contributed by atoms with Crippen LogP contribution in [0.1, 0.15) is 45.4 Å². The van der Waals surface area contributed by atoms with Gasteiger partial charge in [0.2, 0.25) is 0 Å². The molecule has 0 spiro atoms. The number of aliphatic imine (C=N–C) groups is 1. The molecule has 2 N–H and O–H groups in total. The second kappa shape index (κ2) is 13.0. The van der Waals surface area contributed by atoms with Crippen molar-refractivity contribution in [2.75, 3.05) is 39.5 Å². The Bertz CT molecular complexity index is 433. The zero-order valence-corrected chi connectivity index (χ0v) is 18.4. The molecule has 3 atom stereocenters. The minimum absolute atomic E-state index is 0. The number of hydrogen-bond acceptors (Lipinski definition) is 3. The molecule has 1 aliphatic carbocycles. The van der Waals surface area contributed by atoms with E-state index in [0.29, 0.717) is 38.0 Å². The van der Waals surface area contributed by atoms with Crippen LogP contribution in [0.2, 0.25) is 0 Å². The molecule has 2 rings (SSSR count). The molecule has 2 fully saturated rings. The molecular weight excluding hydrogens is 474 g/mol. The van der Waals surface area contributed by atoms with Crippen LogP contribution < -0.4 is 10.6 Å². The van der Waals surface area contributed by atoms with Gasteiger partial charge in [-0.1, -0.05) is 6.42 Å². The van der Waals surface area contributed by atoms with Crippen molar-refractivity contribution in [2.45, 2.75) is 57.7 Å². The van der Waals surface area contributed by atoms with Crippen molar-refractivity contribution in [3.63, 3.8) is 0 Å². The van der Waals surface area contributed by atoms with Crippen molar-refractivity contribution in [1.29, 1.82) is 0 Å². The summed E-state index contributed by atoms with van der Waals surface area (Å²) in [5.41, 5.74) is 0. The van der Waals surface area contributed by atoms with E-state index in [1.54, 1.807) is 0 Å². The van der Waals surface area contributed by atoms with Gasteiger partial charge in [-0.05, 0) is 39.0 Å². The Morgan fingerprint density at radius 3 is 2.74 bits per heavy atom. The highest BCUT2D eigenvalue weighted by Gasteiger charge is 2.42. The number of nitrogens with one attached hydrogen (secondary N) is 2. The number of guanidine groups is 1. The Hall–Kier alpha value is -0.290. The van der Waals surface area contributed by atoms with Gasteiger partial charge in [-0.15, -0.1) is 24.0 Å². The SMILES string of the molecule is CCNC(=NCCCOCC1CCOC1)NC1CCCC(C(F)(F)F)C1.I. The summed E-state index contributed by atoms with van der Waals surface area (Å²) in [6.07, 6.45) is -0.534. The lowest BCUT2D eigenvalue weighted by molar-refractivity contribution is -0.183. The summed E-state index contributed by atoms with van der Waals surface area (Å²) in [6, 6.07) is -0.174. The van der Waals surface area contributed by atoms with Crippen LogP contribution in [0.3, 0.4) is 0 Å². The summed E-state index contributed by atoms with van der Waals surface area (Å²) < 4.78 is 49.8. The maximum atomic E-state index is 12.9. The van der Waals surface area contributed by atoms with Crippen LogP contribution in [-0.4, -0.2) is 57.7 Å². The van der Waals surface area contributed by atoms with Crippen molar-refractivity contribution in [2.24, 2.45) is 16.8 Å². The molecule has 1 aliphatic heterocycles. The highest BCUT2D eigenvalue weighted by atomic mass is 127. The van der Waals surface area contributed by atoms with Gasteiger partial charge in [-0.3, -0.25) is 4.99 Å². The summed E-state index contributed by atoms with van der Waals surface area (Å²) in [6.45, 7) is 6.19. The molecule has 9 heteroatoms. The lowest BCUT2D eigenvalue weighted by Gasteiger charge is -2.31. The Kier molecular flexibility index (Phi) is 11.9. The quantitative estimate of drug-likeness (QED) is 0.228. The van der Waals surface area contributed by atoms with Crippen molar-refractivity contribution in [1.82, 2.24) is 10.6 Å². The first-order chi connectivity index (χ1) is 12.5. The maximum Gasteiger partial charge on any atom is 0.391 e. The van der Waals surface area contributed by atoms with E-state index in [9.17, 15) is 13.2 Å². The molecule has 5 nitrogen and oxygen atoms in total. The van der Waals surface area contributed by atoms with Crippen LogP contribution in [0, 0.1) is 11.8 Å². The van der Waals surface area contributed by atoms with Crippen LogP contribution >= 0.6 is 24.0 Å². The van der Waals surface area contributed by atoms with Gasteiger partial charge in [0.25, 0.3) is 0 Å². The van der Waals surface area contributed by atoms with Crippen LogP contribution in [-0.2, 0) is 9.47 Å². The fourth-order valence-electron chi connectivity index (χ4n) is 3.45. The van der Waals surface area contributed by atoms with E-state index in [4.69, 9.17) is 9.47 Å². The van der Waals surface area contributed by atoms with E-state index in [1.165, 1.54) is 0 Å². The number of ether oxygens (including phenoxy) is 2. The molecule has 1 saturated carbocycles. The molecule has 0 aromatic carbocycles. The zero-order chi connectivity index (χ0) is 18.8. The maximum absolute atomic E-state index is 12.9. The minimum Gasteiger partial charge on any atom is -0.381 e. The zero-order valence-electron chi connectivity index (χ0n) is 16.0. The molecule has 1 saturated heterocycles. The summed E-state index contributed by atoms with van der Waals surface area (Å²) >= 11 is 0. The van der Waals surface area contributed by atoms with Crippen LogP contribution in [0.5, 0.6) is 0 Å². The normalized spacial score (nSPS) is 26.5. The van der Waals surface area contributed by atoms with Crippen LogP contribution in [0.25, 0.3) is 0 Å². The Morgan fingerprint density at radius 1 is 1.26 bits per heavy atom. The Balaban J connectivity index is 0.00000364. The fourth-order valence-corrected chi connectivity index (χ4v) is 3.45. The first-order valence-corrected chi connectivity index (χ1v) is 9.76. The molecule has 3 unspecified atom stereocenters. The van der Waals surface area contributed by atoms with E-state index in [1.807, 2.05) is 6.92 Å². The van der Waals surface area contributed by atoms with Crippen molar-refractivity contribution >= 4 is 29.9 Å². The van der Waals surface area contributed by atoms with Gasteiger partial charge >= 0.3 is 6.18 Å². The van der Waals surface area contributed by atoms with E-state index in [2.05, 4.69) is 15.6 Å². The molecule has 0 amide bonds. The van der Waals surface area contributed by atoms with Crippen molar-refractivity contribution in [3.05, 3.63) is 0 Å². The number of alkyl halides is 3. The van der Waals surface area contributed by atoms with Crippen molar-refractivity contribution in [3.8, 4) is 0 Å². The smallest absolute Gasteiger partial charge is 0.381 e. The van der Waals surface area contributed by atoms with Crippen LogP contribution in [0.15, 0.2) is 4.99 Å². The summed E-state index contributed by atoms with van der Waals surface area (Å²) in [5, 5.41) is 6.30. The molecule has 27 heavy (non-hydrogen) atoms. The van der Waals surface area contributed by atoms with E-state index in [0.717, 1.165) is 39.1 Å². The number of rotatable bonds is 8. The minimum atomic E-state index is -4.10. The third kappa shape index (κ3) is 9.65. The average Bonchev–Trinajstić information content (AvgIpc) is 3.11. The first kappa shape index (κ1) is 24.7. The summed E-state index contributed by atoms with van der Waals surface area (Å²) in [5.74, 6) is -0.0977. The first-order valence-electron chi connectivity index (χ1n) is 9.76. The third-order valence-electron chi connectivity index (χ3n) is 4.92. The van der Waals surface area contributed by atoms with Gasteiger partial charge in [0.15, 0.2) is 5.96 Å². The van der Waals surface area contributed by atoms with E-state index < -0.39 is 12.1 Å². The molecule has 0 bridgehead atoms. The second-order valence-corrected chi connectivity index (χ2v) is 7.17. The predicted octanol–water partition coefficient (Wildman–Crippen LogP) is 3.72. The number of halogens is 4. The molecule has 0 aromatic rings. The molecule has 1 heterocycles. The average molecular weight is 507 g/mol. The van der Waals surface area contributed by atoms with Gasteiger partial charge in [0.05, 0.1) is 19.1 Å². The third-order valence-corrected chi connectivity index (χ3v) is 4.92. The van der Waals surface area contributed by atoms with Crippen LogP contribution in [0.4, 0.5) is 13.2 Å². The lowest BCUT2D eigenvalue weighted by atomic mass is 9.85. The number of hydrogen-bond donors (Lipinski definition) is 2. The monoisotopic (exact) mass is 507 g/mol. The van der Waals surface area contributed by atoms with Gasteiger partial charge in [-0.25, -0.2) is 0 Å². The molecular formula is C18H33F3IN3O2. The van der Waals surface area contributed by atoms with E-state index in [-0.39, 0.29) is 42.9 Å². The molecule has 0 radical (unpaired) electrons. The van der Waals surface area contributed by atoms with Gasteiger partial charge in [0.1, 0.15) is 0 Å². The molecule has 2 aliphatic rings.